The van der Waals surface area contributed by atoms with Gasteiger partial charge >= 0.3 is 5.97 Å². The molecule has 1 amide bonds. The predicted molar refractivity (Wildman–Crippen MR) is 99.3 cm³/mol. The first kappa shape index (κ1) is 19.1. The van der Waals surface area contributed by atoms with Crippen molar-refractivity contribution in [2.75, 3.05) is 19.6 Å². The van der Waals surface area contributed by atoms with Gasteiger partial charge in [-0.25, -0.2) is 4.98 Å². The van der Waals surface area contributed by atoms with Crippen LogP contribution in [0.5, 0.6) is 0 Å². The number of amides is 1. The SMILES string of the molecule is CC(C)(C)c1cnc(Cl)c(C(=O)NCC2CC3(CCNCC3)C(=O)O2)c1. The summed E-state index contributed by atoms with van der Waals surface area (Å²) >= 11 is 6.11. The maximum atomic E-state index is 12.6. The first-order valence-corrected chi connectivity index (χ1v) is 9.45. The van der Waals surface area contributed by atoms with Crippen molar-refractivity contribution in [3.05, 3.63) is 28.5 Å². The average Bonchev–Trinajstić information content (AvgIpc) is 2.88. The minimum atomic E-state index is -0.383. The van der Waals surface area contributed by atoms with Gasteiger partial charge in [-0.2, -0.15) is 0 Å². The molecule has 2 saturated heterocycles. The highest BCUT2D eigenvalue weighted by Gasteiger charge is 2.49. The molecule has 2 aliphatic heterocycles. The number of piperidine rings is 1. The van der Waals surface area contributed by atoms with Crippen LogP contribution in [0.3, 0.4) is 0 Å². The van der Waals surface area contributed by atoms with Gasteiger partial charge in [-0.05, 0) is 43.0 Å². The van der Waals surface area contributed by atoms with E-state index in [1.54, 1.807) is 12.3 Å². The molecule has 2 fully saturated rings. The zero-order valence-electron chi connectivity index (χ0n) is 15.5. The van der Waals surface area contributed by atoms with E-state index < -0.39 is 0 Å². The topological polar surface area (TPSA) is 80.3 Å². The molecule has 3 rings (SSSR count). The van der Waals surface area contributed by atoms with Gasteiger partial charge < -0.3 is 15.4 Å². The number of esters is 1. The van der Waals surface area contributed by atoms with Crippen LogP contribution >= 0.6 is 11.6 Å². The molecule has 1 aromatic rings. The Hall–Kier alpha value is -1.66. The summed E-state index contributed by atoms with van der Waals surface area (Å²) in [6.07, 6.45) is 3.64. The number of nitrogens with one attached hydrogen (secondary N) is 2. The Morgan fingerprint density at radius 3 is 2.77 bits per heavy atom. The number of nitrogens with zero attached hydrogens (tertiary/aromatic N) is 1. The van der Waals surface area contributed by atoms with Gasteiger partial charge in [-0.3, -0.25) is 9.59 Å². The lowest BCUT2D eigenvalue weighted by atomic mass is 9.76. The van der Waals surface area contributed by atoms with Crippen LogP contribution in [0.2, 0.25) is 5.15 Å². The molecule has 0 radical (unpaired) electrons. The van der Waals surface area contributed by atoms with Gasteiger partial charge in [0.25, 0.3) is 5.91 Å². The Morgan fingerprint density at radius 1 is 1.42 bits per heavy atom. The number of halogens is 1. The third kappa shape index (κ3) is 3.86. The molecule has 3 heterocycles. The molecular weight excluding hydrogens is 354 g/mol. The van der Waals surface area contributed by atoms with Crippen molar-refractivity contribution in [2.45, 2.75) is 51.6 Å². The summed E-state index contributed by atoms with van der Waals surface area (Å²) in [6, 6.07) is 1.78. The second kappa shape index (κ2) is 7.16. The van der Waals surface area contributed by atoms with Crippen LogP contribution in [-0.2, 0) is 14.9 Å². The van der Waals surface area contributed by atoms with E-state index in [2.05, 4.69) is 36.4 Å². The van der Waals surface area contributed by atoms with Crippen molar-refractivity contribution in [1.29, 1.82) is 0 Å². The van der Waals surface area contributed by atoms with E-state index in [9.17, 15) is 9.59 Å². The Balaban J connectivity index is 1.64. The molecule has 0 aromatic carbocycles. The van der Waals surface area contributed by atoms with Crippen LogP contribution in [0.1, 0.15) is 56.0 Å². The molecule has 1 spiro atoms. The van der Waals surface area contributed by atoms with Crippen molar-refractivity contribution >= 4 is 23.5 Å². The largest absolute Gasteiger partial charge is 0.460 e. The van der Waals surface area contributed by atoms with E-state index in [0.717, 1.165) is 31.5 Å². The van der Waals surface area contributed by atoms with Crippen molar-refractivity contribution < 1.29 is 14.3 Å². The Labute approximate surface area is 159 Å². The number of ether oxygens (including phenoxy) is 1. The van der Waals surface area contributed by atoms with Crippen molar-refractivity contribution in [3.8, 4) is 0 Å². The smallest absolute Gasteiger partial charge is 0.312 e. The highest BCUT2D eigenvalue weighted by molar-refractivity contribution is 6.32. The average molecular weight is 380 g/mol. The molecule has 7 heteroatoms. The summed E-state index contributed by atoms with van der Waals surface area (Å²) in [4.78, 5) is 29.0. The quantitative estimate of drug-likeness (QED) is 0.622. The molecule has 0 aliphatic carbocycles. The zero-order chi connectivity index (χ0) is 18.9. The number of cyclic esters (lactones) is 1. The van der Waals surface area contributed by atoms with Crippen LogP contribution in [-0.4, -0.2) is 42.6 Å². The molecule has 0 bridgehead atoms. The number of aromatic nitrogens is 1. The minimum absolute atomic E-state index is 0.130. The van der Waals surface area contributed by atoms with Crippen molar-refractivity contribution in [3.63, 3.8) is 0 Å². The van der Waals surface area contributed by atoms with Gasteiger partial charge in [0.2, 0.25) is 0 Å². The Bertz CT molecular complexity index is 708. The molecule has 1 aromatic heterocycles. The number of carbonyl (C=O) groups excluding carboxylic acids is 2. The molecule has 0 saturated carbocycles. The van der Waals surface area contributed by atoms with Crippen molar-refractivity contribution in [2.24, 2.45) is 5.41 Å². The van der Waals surface area contributed by atoms with Gasteiger partial charge in [0.15, 0.2) is 0 Å². The third-order valence-electron chi connectivity index (χ3n) is 5.33. The summed E-state index contributed by atoms with van der Waals surface area (Å²) in [5.74, 6) is -0.427. The molecular formula is C19H26ClN3O3. The fourth-order valence-corrected chi connectivity index (χ4v) is 3.77. The molecule has 2 aliphatic rings. The van der Waals surface area contributed by atoms with Crippen LogP contribution in [0.15, 0.2) is 12.3 Å². The molecule has 142 valence electrons. The molecule has 1 atom stereocenters. The first-order valence-electron chi connectivity index (χ1n) is 9.07. The third-order valence-corrected chi connectivity index (χ3v) is 5.63. The Morgan fingerprint density at radius 2 is 2.12 bits per heavy atom. The maximum absolute atomic E-state index is 12.6. The standard InChI is InChI=1S/C19H26ClN3O3/c1-18(2,3)12-8-14(15(20)22-10-12)16(24)23-11-13-9-19(17(25)26-13)4-6-21-7-5-19/h8,10,13,21H,4-7,9,11H2,1-3H3,(H,23,24). The van der Waals surface area contributed by atoms with E-state index in [1.807, 2.05) is 0 Å². The highest BCUT2D eigenvalue weighted by atomic mass is 35.5. The fourth-order valence-electron chi connectivity index (χ4n) is 3.58. The van der Waals surface area contributed by atoms with E-state index >= 15 is 0 Å². The summed E-state index contributed by atoms with van der Waals surface area (Å²) in [7, 11) is 0. The second-order valence-electron chi connectivity index (χ2n) is 8.28. The van der Waals surface area contributed by atoms with Crippen molar-refractivity contribution in [1.82, 2.24) is 15.6 Å². The zero-order valence-corrected chi connectivity index (χ0v) is 16.3. The summed E-state index contributed by atoms with van der Waals surface area (Å²) in [5.41, 5.74) is 0.772. The maximum Gasteiger partial charge on any atom is 0.312 e. The number of pyridine rings is 1. The molecule has 6 nitrogen and oxygen atoms in total. The highest BCUT2D eigenvalue weighted by Crippen LogP contribution is 2.41. The van der Waals surface area contributed by atoms with Gasteiger partial charge in [-0.15, -0.1) is 0 Å². The van der Waals surface area contributed by atoms with E-state index in [1.165, 1.54) is 0 Å². The lowest BCUT2D eigenvalue weighted by molar-refractivity contribution is -0.149. The van der Waals surface area contributed by atoms with Crippen LogP contribution < -0.4 is 10.6 Å². The normalized spacial score (nSPS) is 22.3. The van der Waals surface area contributed by atoms with Gasteiger partial charge in [0.05, 0.1) is 17.5 Å². The minimum Gasteiger partial charge on any atom is -0.460 e. The van der Waals surface area contributed by atoms with E-state index in [-0.39, 0.29) is 40.5 Å². The number of carbonyl (C=O) groups is 2. The molecule has 1 unspecified atom stereocenters. The van der Waals surface area contributed by atoms with Crippen LogP contribution in [0.4, 0.5) is 0 Å². The lowest BCUT2D eigenvalue weighted by Crippen LogP contribution is -2.39. The van der Waals surface area contributed by atoms with E-state index in [4.69, 9.17) is 16.3 Å². The second-order valence-corrected chi connectivity index (χ2v) is 8.64. The van der Waals surface area contributed by atoms with E-state index in [0.29, 0.717) is 12.0 Å². The lowest BCUT2D eigenvalue weighted by Gasteiger charge is -2.29. The molecule has 26 heavy (non-hydrogen) atoms. The summed E-state index contributed by atoms with van der Waals surface area (Å²) in [6.45, 7) is 8.10. The number of hydrogen-bond acceptors (Lipinski definition) is 5. The Kier molecular flexibility index (Phi) is 5.26. The van der Waals surface area contributed by atoms with Gasteiger partial charge in [0, 0.05) is 12.6 Å². The number of hydrogen-bond donors (Lipinski definition) is 2. The van der Waals surface area contributed by atoms with Gasteiger partial charge in [0.1, 0.15) is 11.3 Å². The first-order chi connectivity index (χ1) is 12.2. The summed E-state index contributed by atoms with van der Waals surface area (Å²) < 4.78 is 5.52. The predicted octanol–water partition coefficient (Wildman–Crippen LogP) is 2.45. The van der Waals surface area contributed by atoms with Gasteiger partial charge in [-0.1, -0.05) is 32.4 Å². The van der Waals surface area contributed by atoms with Crippen LogP contribution in [0.25, 0.3) is 0 Å². The van der Waals surface area contributed by atoms with Crippen LogP contribution in [0, 0.1) is 5.41 Å². The fraction of sp³-hybridized carbons (Fsp3) is 0.632. The molecule has 2 N–H and O–H groups in total. The monoisotopic (exact) mass is 379 g/mol. The summed E-state index contributed by atoms with van der Waals surface area (Å²) in [5, 5.41) is 6.29. The number of rotatable bonds is 3.